The number of aromatic hydroxyl groups is 3. The molecule has 39 heteroatoms. The van der Waals surface area contributed by atoms with Crippen molar-refractivity contribution in [2.75, 3.05) is 25.1 Å². The van der Waals surface area contributed by atoms with Crippen molar-refractivity contribution in [3.63, 3.8) is 0 Å². The van der Waals surface area contributed by atoms with Crippen molar-refractivity contribution in [2.45, 2.75) is 169 Å². The summed E-state index contributed by atoms with van der Waals surface area (Å²) in [5.74, 6) is -15.9. The van der Waals surface area contributed by atoms with E-state index in [1.165, 1.54) is 45.2 Å². The second-order valence-corrected chi connectivity index (χ2v) is 28.2. The maximum absolute atomic E-state index is 16.2. The number of hydrogen-bond acceptors (Lipinski definition) is 27. The highest BCUT2D eigenvalue weighted by molar-refractivity contribution is 6.32. The number of carbonyl (C=O) groups excluding carboxylic acids is 9. The number of rotatable bonds is 18. The number of aliphatic imine (C=N–C) groups is 1. The van der Waals surface area contributed by atoms with Crippen molar-refractivity contribution in [1.82, 2.24) is 37.2 Å². The number of carbonyl (C=O) groups is 9. The molecule has 12 rings (SSSR count). The summed E-state index contributed by atoms with van der Waals surface area (Å²) in [6.45, 7) is 5.56. The number of guanidine groups is 1. The molecule has 2 fully saturated rings. The number of ether oxygens (including phenoxy) is 6. The molecule has 0 aromatic heterocycles. The Kier molecular flexibility index (Phi) is 25.3. The summed E-state index contributed by atoms with van der Waals surface area (Å²) >= 11 is 7.09. The first-order chi connectivity index (χ1) is 52.0. The zero-order chi connectivity index (χ0) is 80.2. The van der Waals surface area contributed by atoms with E-state index in [9.17, 15) is 65.1 Å². The number of likely N-dealkylation sites (N-methyl/N-ethyl adjacent to an activating group) is 1. The van der Waals surface area contributed by atoms with Crippen molar-refractivity contribution in [3.8, 4) is 57.1 Å². The lowest BCUT2D eigenvalue weighted by molar-refractivity contribution is -0.333. The monoisotopic (exact) mass is 1550 g/mol. The molecule has 5 aromatic rings. The van der Waals surface area contributed by atoms with Gasteiger partial charge in [-0.05, 0) is 117 Å². The van der Waals surface area contributed by atoms with Crippen LogP contribution in [0.1, 0.15) is 106 Å². The number of nitrogens with two attached hydrogens (primary N) is 5. The van der Waals surface area contributed by atoms with Crippen LogP contribution < -0.4 is 85.0 Å². The number of benzene rings is 5. The second-order valence-electron chi connectivity index (χ2n) is 27.8. The minimum absolute atomic E-state index is 0.0133. The number of urea groups is 1. The molecule has 2 saturated heterocycles. The van der Waals surface area contributed by atoms with E-state index in [-0.39, 0.29) is 82.2 Å². The molecule has 0 saturated carbocycles. The van der Waals surface area contributed by atoms with Gasteiger partial charge in [-0.25, -0.2) is 9.69 Å². The Morgan fingerprint density at radius 2 is 1.40 bits per heavy atom. The number of nitrogens with zero attached hydrogens (tertiary/aromatic N) is 2. The van der Waals surface area contributed by atoms with Crippen LogP contribution in [0, 0.1) is 5.92 Å². The summed E-state index contributed by atoms with van der Waals surface area (Å²) in [5.41, 5.74) is 24.4. The summed E-state index contributed by atoms with van der Waals surface area (Å²) in [5, 5.41) is 122. The van der Waals surface area contributed by atoms with Crippen molar-refractivity contribution >= 4 is 76.5 Å². The first kappa shape index (κ1) is 81.8. The minimum Gasteiger partial charge on any atom is -0.508 e. The Morgan fingerprint density at radius 3 is 2.04 bits per heavy atom. The average molecular weight is 1560 g/mol. The molecule has 0 spiro atoms. The number of halogens is 1. The Bertz CT molecular complexity index is 4380. The largest absolute Gasteiger partial charge is 0.508 e. The van der Waals surface area contributed by atoms with Crippen LogP contribution in [-0.4, -0.2) is 210 Å². The van der Waals surface area contributed by atoms with Gasteiger partial charge < -0.3 is 140 Å². The maximum atomic E-state index is 16.2. The van der Waals surface area contributed by atoms with E-state index in [1.807, 2.05) is 13.8 Å². The number of nitrogens with one attached hydrogen (secondary N) is 7. The molecule has 7 heterocycles. The highest BCUT2D eigenvalue weighted by Gasteiger charge is 2.52. The number of anilines is 1. The van der Waals surface area contributed by atoms with E-state index in [0.717, 1.165) is 60.7 Å². The molecule has 6 unspecified atom stereocenters. The van der Waals surface area contributed by atoms with E-state index >= 15 is 24.0 Å². The first-order valence-corrected chi connectivity index (χ1v) is 35.1. The number of aliphatic hydroxyl groups is 6. The lowest BCUT2D eigenvalue weighted by atomic mass is 9.86. The second kappa shape index (κ2) is 34.0. The maximum Gasteiger partial charge on any atom is 0.329 e. The summed E-state index contributed by atoms with van der Waals surface area (Å²) in [7, 11) is 1.47. The van der Waals surface area contributed by atoms with Gasteiger partial charge in [0.1, 0.15) is 95.5 Å². The predicted molar refractivity (Wildman–Crippen MR) is 385 cm³/mol. The van der Waals surface area contributed by atoms with Crippen LogP contribution in [0.2, 0.25) is 5.02 Å². The first-order valence-electron chi connectivity index (χ1n) is 34.7. The normalized spacial score (nSPS) is 27.5. The van der Waals surface area contributed by atoms with Crippen molar-refractivity contribution in [3.05, 3.63) is 112 Å². The van der Waals surface area contributed by atoms with Crippen LogP contribution in [0.15, 0.2) is 89.9 Å². The fourth-order valence-electron chi connectivity index (χ4n) is 13.3. The topological polar surface area (TPSA) is 621 Å². The van der Waals surface area contributed by atoms with Gasteiger partial charge in [0.2, 0.25) is 53.4 Å². The van der Waals surface area contributed by atoms with Gasteiger partial charge in [-0.3, -0.25) is 43.3 Å². The van der Waals surface area contributed by atoms with Crippen molar-refractivity contribution in [2.24, 2.45) is 39.6 Å². The van der Waals surface area contributed by atoms with E-state index < -0.39 is 232 Å². The zero-order valence-corrected chi connectivity index (χ0v) is 60.5. The molecular formula is C71H87ClN14O24. The van der Waals surface area contributed by atoms with E-state index in [4.69, 9.17) is 68.7 Å². The standard InChI is InChI=1S/C71H87ClN14O24/c1-27(2)17-38(78-5)62(98)84-52-55(93)31-11-15-43(36(72)19-31)107-45-21-32-20-44(58(45)110-68-59(57(95)56(94)46(26-87)108-68)109-48-25-71(4,77)60(96)28(3)105-48)106-34-12-8-29(9-13-34)54(92)53-67(103)86(70(104)81-37(61(74)97)7-6-16-79-69(75)76)40-22-33(88)23-42(90)49(40)35-18-30(10-14-41(35)89)50(64(100)85-53)83-65(101)51(32)82-63(99)39(24-47(73)91)80-66(52)102/h8-15,18-23,27-28,37-39,46,48,50-57,59-60,68,78,87-90,92-96H,6-7,16-17,24-26,77H2,1-5H3,(H2,73,91)(H2,74,97)(H,80,102)(H,81,104)(H,82,99)(H,83,101)(H,84,98)(H,85,100)(H4,75,76,79)/t28-,37-,38+,39-,46?,48?,50+,51+,52+,53-,54+,55+,56?,57?,59?,60+,68?,71-/m0/s1. The van der Waals surface area contributed by atoms with Crippen molar-refractivity contribution in [1.29, 1.82) is 0 Å². The molecule has 592 valence electrons. The third-order valence-electron chi connectivity index (χ3n) is 19.0. The van der Waals surface area contributed by atoms with Crippen LogP contribution in [0.4, 0.5) is 10.5 Å². The molecule has 5 aromatic carbocycles. The van der Waals surface area contributed by atoms with Gasteiger partial charge in [0.25, 0.3) is 5.91 Å². The number of fused-ring (bicyclic) bond motifs is 15. The molecule has 11 bridgehead atoms. The number of phenols is 3. The van der Waals surface area contributed by atoms with Gasteiger partial charge in [-0.1, -0.05) is 49.7 Å². The number of aliphatic hydroxyl groups excluding tert-OH is 6. The Labute approximate surface area is 631 Å². The summed E-state index contributed by atoms with van der Waals surface area (Å²) in [4.78, 5) is 138. The van der Waals surface area contributed by atoms with Crippen LogP contribution in [-0.2, 0) is 52.6 Å². The molecule has 18 atom stereocenters. The molecule has 10 amide bonds. The fourth-order valence-corrected chi connectivity index (χ4v) is 13.5. The lowest BCUT2D eigenvalue weighted by Gasteiger charge is -2.47. The number of amides is 10. The van der Waals surface area contributed by atoms with Gasteiger partial charge in [0.15, 0.2) is 29.9 Å². The van der Waals surface area contributed by atoms with E-state index in [1.54, 1.807) is 0 Å². The molecule has 7 aliphatic rings. The van der Waals surface area contributed by atoms with Gasteiger partial charge in [0, 0.05) is 36.2 Å². The number of phenolic OH excluding ortho intramolecular Hbond substituents is 3. The van der Waals surface area contributed by atoms with Gasteiger partial charge in [-0.2, -0.15) is 0 Å². The molecule has 0 radical (unpaired) electrons. The van der Waals surface area contributed by atoms with E-state index in [0.29, 0.717) is 0 Å². The Morgan fingerprint density at radius 1 is 0.745 bits per heavy atom. The minimum atomic E-state index is -2.46. The summed E-state index contributed by atoms with van der Waals surface area (Å²) in [6, 6.07) is -0.606. The highest BCUT2D eigenvalue weighted by Crippen LogP contribution is 2.50. The van der Waals surface area contributed by atoms with Crippen LogP contribution >= 0.6 is 11.6 Å². The number of primary amides is 2. The van der Waals surface area contributed by atoms with Gasteiger partial charge >= 0.3 is 6.03 Å². The molecule has 0 aliphatic carbocycles. The number of imide groups is 1. The SMILES string of the molecule is CN[C@H](CC(C)C)C(=O)N[C@H]1C(=O)N[C@@H](CC(N)=O)C(=O)N[C@H]2C(=O)N[C@H]3C(=O)N[C@H](C(=O)N(C(=O)N[C@@H](CCCN=C(N)N)C(N)=O)c4cc(O)cc(O)c4-c4cc3ccc4O)[C@H](O)c3ccc(cc3)Oc3cc2cc(c3OC2OC(CO)C(O)C(O)C2OC2C[C@](C)(N)[C@H](O)[C@H](C)O2)Oc2ccc(cc2Cl)[C@H]1O. The smallest absolute Gasteiger partial charge is 0.329 e. The molecular weight excluding hydrogens is 1470 g/mol. The third-order valence-corrected chi connectivity index (χ3v) is 19.3. The fraction of sp³-hybridized carbons (Fsp3) is 0.437. The van der Waals surface area contributed by atoms with Gasteiger partial charge in [-0.15, -0.1) is 0 Å². The number of hydrogen-bond donors (Lipinski definition) is 21. The third kappa shape index (κ3) is 18.1. The average Bonchev–Trinajstić information content (AvgIpc) is 1.32. The molecule has 38 nitrogen and oxygen atoms in total. The predicted octanol–water partition coefficient (Wildman–Crippen LogP) is -1.84. The zero-order valence-electron chi connectivity index (χ0n) is 59.7. The van der Waals surface area contributed by atoms with Crippen LogP contribution in [0.5, 0.6) is 46.0 Å². The lowest BCUT2D eigenvalue weighted by Crippen LogP contribution is -2.64. The van der Waals surface area contributed by atoms with Crippen LogP contribution in [0.3, 0.4) is 0 Å². The molecule has 7 aliphatic heterocycles. The van der Waals surface area contributed by atoms with Gasteiger partial charge in [0.05, 0.1) is 47.6 Å². The quantitative estimate of drug-likeness (QED) is 0.0260. The summed E-state index contributed by atoms with van der Waals surface area (Å²) < 4.78 is 38.5. The van der Waals surface area contributed by atoms with E-state index in [2.05, 4.69) is 42.2 Å². The Balaban J connectivity index is 1.22. The van der Waals surface area contributed by atoms with Crippen LogP contribution in [0.25, 0.3) is 11.1 Å². The molecule has 26 N–H and O–H groups in total. The Hall–Kier alpha value is -10.8. The van der Waals surface area contributed by atoms with Crippen molar-refractivity contribution < 1.29 is 118 Å². The highest BCUT2D eigenvalue weighted by atomic mass is 35.5. The molecule has 110 heavy (non-hydrogen) atoms. The summed E-state index contributed by atoms with van der Waals surface area (Å²) in [6.07, 6.45) is -19.0.